The summed E-state index contributed by atoms with van der Waals surface area (Å²) in [7, 11) is 0. The predicted octanol–water partition coefficient (Wildman–Crippen LogP) is 3.68. The van der Waals surface area contributed by atoms with E-state index in [0.717, 1.165) is 18.5 Å². The third-order valence-corrected chi connectivity index (χ3v) is 5.58. The molecule has 4 nitrogen and oxygen atoms in total. The monoisotopic (exact) mass is 351 g/mol. The Balaban J connectivity index is 2.66. The van der Waals surface area contributed by atoms with Crippen molar-refractivity contribution in [3.05, 3.63) is 12.3 Å². The van der Waals surface area contributed by atoms with E-state index in [-0.39, 0.29) is 23.9 Å². The van der Waals surface area contributed by atoms with Crippen LogP contribution in [0.25, 0.3) is 0 Å². The van der Waals surface area contributed by atoms with Crippen LogP contribution in [-0.4, -0.2) is 24.5 Å². The van der Waals surface area contributed by atoms with Crippen LogP contribution in [0.2, 0.25) is 0 Å². The Morgan fingerprint density at radius 2 is 1.84 bits per heavy atom. The molecule has 1 amide bonds. The van der Waals surface area contributed by atoms with Crippen molar-refractivity contribution in [1.82, 2.24) is 10.6 Å². The standard InChI is InChI=1S/C21H41N3O/c1-13(2)10-18(24-17(7)16(6)22)12-23-21(25)20-11-15(5)8-9-19(20)14(3)4/h13-16,18-20,24H,7-12,22H2,1-6H3,(H,23,25)/t15-,16+,18+,19+,20-/m1/s1. The zero-order chi connectivity index (χ0) is 19.1. The highest BCUT2D eigenvalue weighted by atomic mass is 16.1. The molecule has 5 atom stereocenters. The van der Waals surface area contributed by atoms with Crippen LogP contribution >= 0.6 is 0 Å². The van der Waals surface area contributed by atoms with Crippen LogP contribution in [0.15, 0.2) is 12.3 Å². The molecule has 1 aliphatic carbocycles. The van der Waals surface area contributed by atoms with Gasteiger partial charge in [0.05, 0.1) is 0 Å². The van der Waals surface area contributed by atoms with Gasteiger partial charge in [0.25, 0.3) is 0 Å². The Morgan fingerprint density at radius 1 is 1.20 bits per heavy atom. The molecule has 1 rings (SSSR count). The van der Waals surface area contributed by atoms with Gasteiger partial charge in [0.2, 0.25) is 5.91 Å². The van der Waals surface area contributed by atoms with E-state index in [1.54, 1.807) is 0 Å². The van der Waals surface area contributed by atoms with E-state index in [0.29, 0.717) is 30.2 Å². The van der Waals surface area contributed by atoms with Crippen molar-refractivity contribution < 1.29 is 4.79 Å². The van der Waals surface area contributed by atoms with Gasteiger partial charge in [-0.25, -0.2) is 0 Å². The summed E-state index contributed by atoms with van der Waals surface area (Å²) in [4.78, 5) is 12.9. The molecule has 0 aromatic heterocycles. The van der Waals surface area contributed by atoms with E-state index in [4.69, 9.17) is 5.73 Å². The highest BCUT2D eigenvalue weighted by molar-refractivity contribution is 5.79. The van der Waals surface area contributed by atoms with Crippen molar-refractivity contribution in [2.75, 3.05) is 6.54 Å². The number of nitrogens with two attached hydrogens (primary N) is 1. The summed E-state index contributed by atoms with van der Waals surface area (Å²) >= 11 is 0. The largest absolute Gasteiger partial charge is 0.383 e. The quantitative estimate of drug-likeness (QED) is 0.594. The van der Waals surface area contributed by atoms with E-state index >= 15 is 0 Å². The first-order valence-electron chi connectivity index (χ1n) is 10.1. The maximum atomic E-state index is 12.9. The summed E-state index contributed by atoms with van der Waals surface area (Å²) < 4.78 is 0. The molecule has 0 unspecified atom stereocenters. The molecular formula is C21H41N3O. The van der Waals surface area contributed by atoms with Crippen LogP contribution < -0.4 is 16.4 Å². The van der Waals surface area contributed by atoms with E-state index in [9.17, 15) is 4.79 Å². The Bertz CT molecular complexity index is 431. The van der Waals surface area contributed by atoms with Crippen LogP contribution in [0.5, 0.6) is 0 Å². The summed E-state index contributed by atoms with van der Waals surface area (Å²) in [5, 5.41) is 6.64. The van der Waals surface area contributed by atoms with Crippen molar-refractivity contribution in [2.45, 2.75) is 79.3 Å². The fourth-order valence-electron chi connectivity index (χ4n) is 4.01. The fraction of sp³-hybridized carbons (Fsp3) is 0.857. The van der Waals surface area contributed by atoms with E-state index in [1.807, 2.05) is 6.92 Å². The highest BCUT2D eigenvalue weighted by Gasteiger charge is 2.35. The third kappa shape index (κ3) is 7.39. The second-order valence-corrected chi connectivity index (χ2v) is 8.96. The van der Waals surface area contributed by atoms with Gasteiger partial charge in [0, 0.05) is 30.2 Å². The smallest absolute Gasteiger partial charge is 0.223 e. The van der Waals surface area contributed by atoms with Crippen molar-refractivity contribution >= 4 is 5.91 Å². The van der Waals surface area contributed by atoms with Crippen molar-refractivity contribution in [1.29, 1.82) is 0 Å². The van der Waals surface area contributed by atoms with E-state index < -0.39 is 0 Å². The molecule has 0 aliphatic heterocycles. The second kappa shape index (κ2) is 10.2. The number of amides is 1. The SMILES string of the molecule is C=C(N[C@H](CNC(=O)[C@@H]1C[C@H](C)CC[C@H]1C(C)C)CC(C)C)[C@H](C)N. The minimum Gasteiger partial charge on any atom is -0.383 e. The van der Waals surface area contributed by atoms with Gasteiger partial charge in [0.1, 0.15) is 0 Å². The Labute approximate surface area is 155 Å². The molecule has 1 saturated carbocycles. The third-order valence-electron chi connectivity index (χ3n) is 5.58. The zero-order valence-corrected chi connectivity index (χ0v) is 17.3. The average molecular weight is 352 g/mol. The van der Waals surface area contributed by atoms with Crippen LogP contribution in [0.3, 0.4) is 0 Å². The van der Waals surface area contributed by atoms with Crippen molar-refractivity contribution in [2.24, 2.45) is 35.3 Å². The van der Waals surface area contributed by atoms with Crippen LogP contribution in [0.4, 0.5) is 0 Å². The fourth-order valence-corrected chi connectivity index (χ4v) is 4.01. The summed E-state index contributed by atoms with van der Waals surface area (Å²) in [5.41, 5.74) is 6.74. The molecular weight excluding hydrogens is 310 g/mol. The maximum Gasteiger partial charge on any atom is 0.223 e. The van der Waals surface area contributed by atoms with Crippen LogP contribution in [-0.2, 0) is 4.79 Å². The zero-order valence-electron chi connectivity index (χ0n) is 17.3. The predicted molar refractivity (Wildman–Crippen MR) is 107 cm³/mol. The van der Waals surface area contributed by atoms with Gasteiger partial charge in [0.15, 0.2) is 0 Å². The van der Waals surface area contributed by atoms with Gasteiger partial charge < -0.3 is 16.4 Å². The molecule has 4 N–H and O–H groups in total. The first kappa shape index (κ1) is 22.0. The van der Waals surface area contributed by atoms with Crippen LogP contribution in [0.1, 0.15) is 67.2 Å². The number of hydrogen-bond acceptors (Lipinski definition) is 3. The van der Waals surface area contributed by atoms with Crippen molar-refractivity contribution in [3.8, 4) is 0 Å². The molecule has 25 heavy (non-hydrogen) atoms. The lowest BCUT2D eigenvalue weighted by molar-refractivity contribution is -0.129. The first-order valence-corrected chi connectivity index (χ1v) is 10.1. The molecule has 0 heterocycles. The summed E-state index contributed by atoms with van der Waals surface area (Å²) in [6, 6.07) is 0.0934. The average Bonchev–Trinajstić information content (AvgIpc) is 2.51. The minimum atomic E-state index is -0.0881. The van der Waals surface area contributed by atoms with Gasteiger partial charge in [-0.2, -0.15) is 0 Å². The summed E-state index contributed by atoms with van der Waals surface area (Å²) in [5.74, 6) is 2.64. The molecule has 1 aliphatic rings. The molecule has 146 valence electrons. The molecule has 0 aromatic carbocycles. The summed E-state index contributed by atoms with van der Waals surface area (Å²) in [6.07, 6.45) is 4.43. The number of carbonyl (C=O) groups is 1. The number of carbonyl (C=O) groups excluding carboxylic acids is 1. The Kier molecular flexibility index (Phi) is 8.98. The maximum absolute atomic E-state index is 12.9. The lowest BCUT2D eigenvalue weighted by Gasteiger charge is -2.36. The molecule has 0 aromatic rings. The van der Waals surface area contributed by atoms with E-state index in [2.05, 4.69) is 51.8 Å². The molecule has 0 spiro atoms. The highest BCUT2D eigenvalue weighted by Crippen LogP contribution is 2.38. The van der Waals surface area contributed by atoms with Gasteiger partial charge >= 0.3 is 0 Å². The second-order valence-electron chi connectivity index (χ2n) is 8.96. The van der Waals surface area contributed by atoms with Gasteiger partial charge in [-0.05, 0) is 49.9 Å². The molecule has 0 radical (unpaired) electrons. The molecule has 0 bridgehead atoms. The number of hydrogen-bond donors (Lipinski definition) is 3. The molecule has 4 heteroatoms. The van der Waals surface area contributed by atoms with E-state index in [1.165, 1.54) is 12.8 Å². The lowest BCUT2D eigenvalue weighted by Crippen LogP contribution is -2.47. The molecule has 0 saturated heterocycles. The lowest BCUT2D eigenvalue weighted by atomic mass is 9.70. The van der Waals surface area contributed by atoms with Gasteiger partial charge in [-0.1, -0.05) is 47.6 Å². The minimum absolute atomic E-state index is 0.0881. The Hall–Kier alpha value is -1.03. The van der Waals surface area contributed by atoms with Gasteiger partial charge in [-0.15, -0.1) is 0 Å². The molecule has 1 fully saturated rings. The summed E-state index contributed by atoms with van der Waals surface area (Å²) in [6.45, 7) is 17.7. The normalized spacial score (nSPS) is 26.4. The van der Waals surface area contributed by atoms with Crippen molar-refractivity contribution in [3.63, 3.8) is 0 Å². The number of rotatable bonds is 9. The number of nitrogens with one attached hydrogen (secondary N) is 2. The van der Waals surface area contributed by atoms with Gasteiger partial charge in [-0.3, -0.25) is 4.79 Å². The Morgan fingerprint density at radius 3 is 2.36 bits per heavy atom. The van der Waals surface area contributed by atoms with Crippen LogP contribution in [0, 0.1) is 29.6 Å². The first-order chi connectivity index (χ1) is 11.6. The topological polar surface area (TPSA) is 67.1 Å².